The molecule has 1 saturated carbocycles. The highest BCUT2D eigenvalue weighted by molar-refractivity contribution is 5.88. The van der Waals surface area contributed by atoms with Crippen LogP contribution in [0.15, 0.2) is 84.9 Å². The van der Waals surface area contributed by atoms with Crippen molar-refractivity contribution in [2.45, 2.75) is 83.3 Å². The van der Waals surface area contributed by atoms with E-state index in [-0.39, 0.29) is 29.9 Å². The number of hydrogen-bond acceptors (Lipinski definition) is 3. The highest BCUT2D eigenvalue weighted by Crippen LogP contribution is 2.25. The van der Waals surface area contributed by atoms with E-state index in [2.05, 4.69) is 26.1 Å². The Bertz CT molecular complexity index is 1180. The van der Waals surface area contributed by atoms with Crippen molar-refractivity contribution in [3.63, 3.8) is 0 Å². The van der Waals surface area contributed by atoms with Gasteiger partial charge in [0, 0.05) is 19.0 Å². The molecule has 1 aliphatic carbocycles. The Balaban J connectivity index is 1.56. The molecule has 1 aliphatic rings. The van der Waals surface area contributed by atoms with E-state index in [1.54, 1.807) is 4.90 Å². The SMILES string of the molecule is CC(C)(C)c1ccc(OCC(=O)N(Cc2ccccc2)[C@H](Cc2ccccc2)C(=O)NC2CCCCC2)cc1. The zero-order valence-corrected chi connectivity index (χ0v) is 23.6. The maximum absolute atomic E-state index is 13.8. The van der Waals surface area contributed by atoms with Crippen LogP contribution in [0, 0.1) is 0 Å². The molecule has 39 heavy (non-hydrogen) atoms. The Hall–Kier alpha value is -3.60. The summed E-state index contributed by atoms with van der Waals surface area (Å²) in [6.07, 6.45) is 5.89. The van der Waals surface area contributed by atoms with E-state index >= 15 is 0 Å². The number of carbonyl (C=O) groups excluding carboxylic acids is 2. The van der Waals surface area contributed by atoms with Crippen molar-refractivity contribution in [1.29, 1.82) is 0 Å². The molecule has 1 fully saturated rings. The Morgan fingerprint density at radius 2 is 1.44 bits per heavy atom. The summed E-state index contributed by atoms with van der Waals surface area (Å²) in [6, 6.07) is 27.2. The summed E-state index contributed by atoms with van der Waals surface area (Å²) < 4.78 is 5.96. The van der Waals surface area contributed by atoms with Gasteiger partial charge in [-0.1, -0.05) is 113 Å². The fraction of sp³-hybridized carbons (Fsp3) is 0.412. The van der Waals surface area contributed by atoms with Crippen molar-refractivity contribution in [2.75, 3.05) is 6.61 Å². The number of carbonyl (C=O) groups is 2. The number of rotatable bonds is 10. The van der Waals surface area contributed by atoms with Gasteiger partial charge in [0.1, 0.15) is 11.8 Å². The van der Waals surface area contributed by atoms with Crippen molar-refractivity contribution < 1.29 is 14.3 Å². The molecule has 0 heterocycles. The highest BCUT2D eigenvalue weighted by Gasteiger charge is 2.32. The molecule has 1 N–H and O–H groups in total. The molecular formula is C34H42N2O3. The third kappa shape index (κ3) is 8.44. The van der Waals surface area contributed by atoms with Crippen LogP contribution in [0.3, 0.4) is 0 Å². The average molecular weight is 527 g/mol. The first kappa shape index (κ1) is 28.4. The molecule has 206 valence electrons. The van der Waals surface area contributed by atoms with E-state index in [9.17, 15) is 9.59 Å². The Labute approximate surface area is 233 Å². The van der Waals surface area contributed by atoms with Gasteiger partial charge in [0.05, 0.1) is 0 Å². The zero-order valence-electron chi connectivity index (χ0n) is 23.6. The maximum Gasteiger partial charge on any atom is 0.261 e. The second-order valence-electron chi connectivity index (χ2n) is 11.6. The lowest BCUT2D eigenvalue weighted by Crippen LogP contribution is -2.53. The molecule has 5 nitrogen and oxygen atoms in total. The van der Waals surface area contributed by atoms with Gasteiger partial charge < -0.3 is 15.0 Å². The first-order valence-corrected chi connectivity index (χ1v) is 14.2. The number of benzene rings is 3. The van der Waals surface area contributed by atoms with E-state index < -0.39 is 6.04 Å². The van der Waals surface area contributed by atoms with Crippen LogP contribution in [0.1, 0.15) is 69.6 Å². The molecule has 3 aromatic rings. The molecule has 0 aliphatic heterocycles. The predicted molar refractivity (Wildman–Crippen MR) is 157 cm³/mol. The van der Waals surface area contributed by atoms with Gasteiger partial charge in [0.2, 0.25) is 5.91 Å². The van der Waals surface area contributed by atoms with Crippen LogP contribution in [0.2, 0.25) is 0 Å². The van der Waals surface area contributed by atoms with Crippen molar-refractivity contribution in [3.8, 4) is 5.75 Å². The summed E-state index contributed by atoms with van der Waals surface area (Å²) in [5.74, 6) is 0.338. The average Bonchev–Trinajstić information content (AvgIpc) is 2.95. The summed E-state index contributed by atoms with van der Waals surface area (Å²) in [5.41, 5.74) is 3.24. The molecule has 0 spiro atoms. The topological polar surface area (TPSA) is 58.6 Å². The molecule has 4 rings (SSSR count). The Morgan fingerprint density at radius 1 is 0.846 bits per heavy atom. The van der Waals surface area contributed by atoms with Crippen molar-refractivity contribution in [1.82, 2.24) is 10.2 Å². The third-order valence-corrected chi connectivity index (χ3v) is 7.50. The molecule has 0 bridgehead atoms. The summed E-state index contributed by atoms with van der Waals surface area (Å²) in [6.45, 7) is 6.70. The highest BCUT2D eigenvalue weighted by atomic mass is 16.5. The minimum absolute atomic E-state index is 0.0389. The van der Waals surface area contributed by atoms with Crippen molar-refractivity contribution in [3.05, 3.63) is 102 Å². The van der Waals surface area contributed by atoms with E-state index in [1.165, 1.54) is 12.0 Å². The molecule has 0 radical (unpaired) electrons. The van der Waals surface area contributed by atoms with E-state index in [1.807, 2.05) is 84.9 Å². The molecule has 3 aromatic carbocycles. The molecule has 0 saturated heterocycles. The van der Waals surface area contributed by atoms with Crippen LogP contribution in [-0.2, 0) is 28.0 Å². The molecule has 0 unspecified atom stereocenters. The van der Waals surface area contributed by atoms with Crippen LogP contribution >= 0.6 is 0 Å². The zero-order chi connectivity index (χ0) is 27.7. The van der Waals surface area contributed by atoms with Crippen LogP contribution < -0.4 is 10.1 Å². The number of nitrogens with one attached hydrogen (secondary N) is 1. The number of amides is 2. The number of hydrogen-bond donors (Lipinski definition) is 1. The Morgan fingerprint density at radius 3 is 2.03 bits per heavy atom. The normalized spacial score (nSPS) is 14.8. The lowest BCUT2D eigenvalue weighted by molar-refractivity contribution is -0.143. The molecule has 0 aromatic heterocycles. The van der Waals surface area contributed by atoms with Crippen molar-refractivity contribution in [2.24, 2.45) is 0 Å². The summed E-state index contributed by atoms with van der Waals surface area (Å²) >= 11 is 0. The monoisotopic (exact) mass is 526 g/mol. The van der Waals surface area contributed by atoms with Crippen LogP contribution in [0.25, 0.3) is 0 Å². The quantitative estimate of drug-likeness (QED) is 0.330. The first-order chi connectivity index (χ1) is 18.8. The summed E-state index contributed by atoms with van der Waals surface area (Å²) in [7, 11) is 0. The molecule has 1 atom stereocenters. The van der Waals surface area contributed by atoms with Gasteiger partial charge in [0.15, 0.2) is 6.61 Å². The smallest absolute Gasteiger partial charge is 0.261 e. The third-order valence-electron chi connectivity index (χ3n) is 7.50. The maximum atomic E-state index is 13.8. The Kier molecular flexibility index (Phi) is 9.80. The van der Waals surface area contributed by atoms with Crippen LogP contribution in [0.5, 0.6) is 5.75 Å². The predicted octanol–water partition coefficient (Wildman–Crippen LogP) is 6.45. The standard InChI is InChI=1S/C34H42N2O3/c1-34(2,3)28-19-21-30(22-20-28)39-25-32(37)36(24-27-15-9-5-10-16-27)31(23-26-13-7-4-8-14-26)33(38)35-29-17-11-6-12-18-29/h4-5,7-10,13-16,19-22,29,31H,6,11-12,17-18,23-25H2,1-3H3,(H,35,38)/t31-/m1/s1. The fourth-order valence-corrected chi connectivity index (χ4v) is 5.16. The van der Waals surface area contributed by atoms with Gasteiger partial charge in [-0.05, 0) is 47.1 Å². The summed E-state index contributed by atoms with van der Waals surface area (Å²) in [5, 5.41) is 3.28. The van der Waals surface area contributed by atoms with Gasteiger partial charge in [-0.3, -0.25) is 9.59 Å². The lowest BCUT2D eigenvalue weighted by atomic mass is 9.87. The van der Waals surface area contributed by atoms with E-state index in [0.717, 1.165) is 36.8 Å². The summed E-state index contributed by atoms with van der Waals surface area (Å²) in [4.78, 5) is 29.3. The number of ether oxygens (including phenoxy) is 1. The van der Waals surface area contributed by atoms with Gasteiger partial charge in [-0.2, -0.15) is 0 Å². The first-order valence-electron chi connectivity index (χ1n) is 14.2. The number of nitrogens with zero attached hydrogens (tertiary/aromatic N) is 1. The van der Waals surface area contributed by atoms with Gasteiger partial charge in [-0.15, -0.1) is 0 Å². The fourth-order valence-electron chi connectivity index (χ4n) is 5.16. The second-order valence-corrected chi connectivity index (χ2v) is 11.6. The van der Waals surface area contributed by atoms with Crippen LogP contribution in [-0.4, -0.2) is 35.4 Å². The van der Waals surface area contributed by atoms with Gasteiger partial charge in [0.25, 0.3) is 5.91 Å². The van der Waals surface area contributed by atoms with E-state index in [0.29, 0.717) is 18.7 Å². The minimum Gasteiger partial charge on any atom is -0.484 e. The minimum atomic E-state index is -0.645. The second kappa shape index (κ2) is 13.5. The van der Waals surface area contributed by atoms with Gasteiger partial charge in [-0.25, -0.2) is 0 Å². The lowest BCUT2D eigenvalue weighted by Gasteiger charge is -2.33. The largest absolute Gasteiger partial charge is 0.484 e. The molecule has 5 heteroatoms. The van der Waals surface area contributed by atoms with Crippen LogP contribution in [0.4, 0.5) is 0 Å². The molecular weight excluding hydrogens is 484 g/mol. The van der Waals surface area contributed by atoms with Crippen molar-refractivity contribution >= 4 is 11.8 Å². The van der Waals surface area contributed by atoms with E-state index in [4.69, 9.17) is 4.74 Å². The van der Waals surface area contributed by atoms with Gasteiger partial charge >= 0.3 is 0 Å². The molecule has 2 amide bonds.